The Kier molecular flexibility index (Phi) is 4.77. The largest absolute Gasteiger partial charge is 0.507 e. The lowest BCUT2D eigenvalue weighted by molar-refractivity contribution is 0.157. The Morgan fingerprint density at radius 3 is 2.70 bits per heavy atom. The second kappa shape index (κ2) is 7.17. The Morgan fingerprint density at radius 1 is 1.27 bits per heavy atom. The van der Waals surface area contributed by atoms with Crippen LogP contribution in [0.5, 0.6) is 11.5 Å². The van der Waals surface area contributed by atoms with Crippen molar-refractivity contribution in [2.24, 2.45) is 0 Å². The normalized spacial score (nSPS) is 14.3. The van der Waals surface area contributed by atoms with E-state index in [0.29, 0.717) is 40.0 Å². The van der Waals surface area contributed by atoms with Crippen molar-refractivity contribution >= 4 is 17.0 Å². The molecule has 1 aliphatic rings. The highest BCUT2D eigenvalue weighted by molar-refractivity contribution is 5.97. The molecule has 4 rings (SSSR count). The molecule has 0 amide bonds. The van der Waals surface area contributed by atoms with Gasteiger partial charge in [0.25, 0.3) is 0 Å². The van der Waals surface area contributed by atoms with Crippen molar-refractivity contribution in [1.29, 1.82) is 0 Å². The SMILES string of the molecule is CC(C)=CCc1c2c(c3occ(-c4ccc(C)nc4)c(=O)c3c1O)C=CC(C)(C)O2. The first kappa shape index (κ1) is 20.0. The summed E-state index contributed by atoms with van der Waals surface area (Å²) in [5.41, 5.74) is 3.73. The molecular weight excluding hydrogens is 378 g/mol. The summed E-state index contributed by atoms with van der Waals surface area (Å²) in [6, 6.07) is 3.66. The van der Waals surface area contributed by atoms with Crippen molar-refractivity contribution in [2.75, 3.05) is 0 Å². The Balaban J connectivity index is 2.04. The van der Waals surface area contributed by atoms with E-state index < -0.39 is 5.60 Å². The fraction of sp³-hybridized carbons (Fsp3) is 0.280. The molecule has 0 fully saturated rings. The maximum Gasteiger partial charge on any atom is 0.204 e. The van der Waals surface area contributed by atoms with Gasteiger partial charge in [0, 0.05) is 23.0 Å². The van der Waals surface area contributed by atoms with Crippen LogP contribution >= 0.6 is 0 Å². The van der Waals surface area contributed by atoms with Gasteiger partial charge in [0.2, 0.25) is 5.43 Å². The average molecular weight is 403 g/mol. The molecule has 5 nitrogen and oxygen atoms in total. The van der Waals surface area contributed by atoms with E-state index in [2.05, 4.69) is 4.98 Å². The molecule has 0 atom stereocenters. The van der Waals surface area contributed by atoms with Crippen molar-refractivity contribution in [3.05, 3.63) is 69.4 Å². The van der Waals surface area contributed by atoms with Crippen molar-refractivity contribution < 1.29 is 14.3 Å². The maximum atomic E-state index is 13.4. The molecule has 0 radical (unpaired) electrons. The van der Waals surface area contributed by atoms with Crippen LogP contribution in [0, 0.1) is 6.92 Å². The lowest BCUT2D eigenvalue weighted by atomic mass is 9.94. The van der Waals surface area contributed by atoms with Crippen LogP contribution in [0.25, 0.3) is 28.2 Å². The number of nitrogens with zero attached hydrogens (tertiary/aromatic N) is 1. The van der Waals surface area contributed by atoms with Crippen LogP contribution < -0.4 is 10.2 Å². The van der Waals surface area contributed by atoms with E-state index in [1.54, 1.807) is 6.20 Å². The van der Waals surface area contributed by atoms with Crippen molar-refractivity contribution in [3.63, 3.8) is 0 Å². The summed E-state index contributed by atoms with van der Waals surface area (Å²) in [4.78, 5) is 17.7. The Morgan fingerprint density at radius 2 is 2.03 bits per heavy atom. The molecule has 0 saturated carbocycles. The number of allylic oxidation sites excluding steroid dienone is 2. The first-order valence-corrected chi connectivity index (χ1v) is 9.96. The molecule has 1 aliphatic heterocycles. The Labute approximate surface area is 175 Å². The first-order chi connectivity index (χ1) is 14.2. The molecule has 5 heteroatoms. The molecule has 154 valence electrons. The molecule has 1 aromatic carbocycles. The standard InChI is InChI=1S/C25H25NO4/c1-14(2)6-9-17-21(27)20-22(28)19(16-8-7-15(3)26-12-16)13-29-24(20)18-10-11-25(4,5)30-23(17)18/h6-8,10-13,27H,9H2,1-5H3. The second-order valence-electron chi connectivity index (χ2n) is 8.47. The number of fused-ring (bicyclic) bond motifs is 3. The van der Waals surface area contributed by atoms with Gasteiger partial charge >= 0.3 is 0 Å². The lowest BCUT2D eigenvalue weighted by Crippen LogP contribution is -2.28. The van der Waals surface area contributed by atoms with Gasteiger partial charge in [0.1, 0.15) is 28.7 Å². The fourth-order valence-electron chi connectivity index (χ4n) is 3.58. The topological polar surface area (TPSA) is 72.6 Å². The number of aryl methyl sites for hydroxylation is 1. The highest BCUT2D eigenvalue weighted by atomic mass is 16.5. The average Bonchev–Trinajstić information content (AvgIpc) is 2.67. The van der Waals surface area contributed by atoms with Gasteiger partial charge in [-0.25, -0.2) is 0 Å². The number of hydrogen-bond acceptors (Lipinski definition) is 5. The van der Waals surface area contributed by atoms with Crippen LogP contribution in [-0.2, 0) is 6.42 Å². The summed E-state index contributed by atoms with van der Waals surface area (Å²) < 4.78 is 12.1. The summed E-state index contributed by atoms with van der Waals surface area (Å²) in [6.07, 6.45) is 9.35. The number of rotatable bonds is 3. The van der Waals surface area contributed by atoms with Crippen molar-refractivity contribution in [1.82, 2.24) is 4.98 Å². The van der Waals surface area contributed by atoms with Gasteiger partial charge in [-0.2, -0.15) is 0 Å². The van der Waals surface area contributed by atoms with E-state index in [-0.39, 0.29) is 16.6 Å². The summed E-state index contributed by atoms with van der Waals surface area (Å²) in [5.74, 6) is 0.459. The summed E-state index contributed by atoms with van der Waals surface area (Å²) in [5, 5.41) is 11.3. The van der Waals surface area contributed by atoms with Crippen LogP contribution in [0.4, 0.5) is 0 Å². The van der Waals surface area contributed by atoms with E-state index >= 15 is 0 Å². The highest BCUT2D eigenvalue weighted by Crippen LogP contribution is 2.44. The number of aromatic nitrogens is 1. The van der Waals surface area contributed by atoms with Crippen molar-refractivity contribution in [3.8, 4) is 22.6 Å². The lowest BCUT2D eigenvalue weighted by Gasteiger charge is -2.30. The number of pyridine rings is 1. The van der Waals surface area contributed by atoms with Crippen LogP contribution in [0.15, 0.2) is 51.5 Å². The molecule has 0 unspecified atom stereocenters. The van der Waals surface area contributed by atoms with Gasteiger partial charge in [0.15, 0.2) is 5.58 Å². The molecular formula is C25H25NO4. The predicted molar refractivity (Wildman–Crippen MR) is 119 cm³/mol. The zero-order valence-electron chi connectivity index (χ0n) is 17.9. The molecule has 30 heavy (non-hydrogen) atoms. The number of phenolic OH excluding ortho intramolecular Hbond substituents is 1. The van der Waals surface area contributed by atoms with E-state index in [9.17, 15) is 9.90 Å². The molecule has 2 aromatic heterocycles. The third-order valence-corrected chi connectivity index (χ3v) is 5.23. The van der Waals surface area contributed by atoms with E-state index in [1.165, 1.54) is 6.26 Å². The maximum absolute atomic E-state index is 13.4. The van der Waals surface area contributed by atoms with Gasteiger partial charge < -0.3 is 14.3 Å². The second-order valence-corrected chi connectivity index (χ2v) is 8.47. The number of aromatic hydroxyl groups is 1. The molecule has 0 bridgehead atoms. The van der Waals surface area contributed by atoms with Crippen LogP contribution in [0.1, 0.15) is 44.5 Å². The summed E-state index contributed by atoms with van der Waals surface area (Å²) >= 11 is 0. The van der Waals surface area contributed by atoms with E-state index in [0.717, 1.165) is 11.3 Å². The van der Waals surface area contributed by atoms with Gasteiger partial charge in [-0.05, 0) is 59.3 Å². The molecule has 3 aromatic rings. The number of benzene rings is 1. The third kappa shape index (κ3) is 3.41. The smallest absolute Gasteiger partial charge is 0.204 e. The van der Waals surface area contributed by atoms with Crippen LogP contribution in [0.2, 0.25) is 0 Å². The van der Waals surface area contributed by atoms with Gasteiger partial charge in [0.05, 0.1) is 11.1 Å². The number of ether oxygens (including phenoxy) is 1. The zero-order chi connectivity index (χ0) is 21.6. The predicted octanol–water partition coefficient (Wildman–Crippen LogP) is 5.56. The van der Waals surface area contributed by atoms with Crippen LogP contribution in [-0.4, -0.2) is 15.7 Å². The molecule has 3 heterocycles. The van der Waals surface area contributed by atoms with E-state index in [1.807, 2.05) is 65.0 Å². The fourth-order valence-corrected chi connectivity index (χ4v) is 3.58. The molecule has 0 aliphatic carbocycles. The van der Waals surface area contributed by atoms with Gasteiger partial charge in [-0.3, -0.25) is 9.78 Å². The number of phenols is 1. The minimum atomic E-state index is -0.527. The van der Waals surface area contributed by atoms with Gasteiger partial charge in [-0.1, -0.05) is 17.7 Å². The van der Waals surface area contributed by atoms with Gasteiger partial charge in [-0.15, -0.1) is 0 Å². The minimum absolute atomic E-state index is 0.0944. The molecule has 1 N–H and O–H groups in total. The zero-order valence-corrected chi connectivity index (χ0v) is 17.9. The Bertz CT molecular complexity index is 1260. The van der Waals surface area contributed by atoms with Crippen molar-refractivity contribution in [2.45, 2.75) is 46.6 Å². The summed E-state index contributed by atoms with van der Waals surface area (Å²) in [6.45, 7) is 9.76. The highest BCUT2D eigenvalue weighted by Gasteiger charge is 2.30. The number of hydrogen-bond donors (Lipinski definition) is 1. The Hall–Kier alpha value is -3.34. The van der Waals surface area contributed by atoms with Crippen LogP contribution in [0.3, 0.4) is 0 Å². The minimum Gasteiger partial charge on any atom is -0.507 e. The quantitative estimate of drug-likeness (QED) is 0.580. The molecule has 0 saturated heterocycles. The molecule has 0 spiro atoms. The van der Waals surface area contributed by atoms with E-state index in [4.69, 9.17) is 9.15 Å². The third-order valence-electron chi connectivity index (χ3n) is 5.23. The monoisotopic (exact) mass is 403 g/mol. The summed E-state index contributed by atoms with van der Waals surface area (Å²) in [7, 11) is 0. The first-order valence-electron chi connectivity index (χ1n) is 9.96.